The van der Waals surface area contributed by atoms with E-state index in [4.69, 9.17) is 0 Å². The molecule has 10 heteroatoms. The average Bonchev–Trinajstić information content (AvgIpc) is 3.26. The summed E-state index contributed by atoms with van der Waals surface area (Å²) in [5.41, 5.74) is 8.60. The van der Waals surface area contributed by atoms with Gasteiger partial charge in [-0.3, -0.25) is 34.3 Å². The number of aromatic hydroxyl groups is 1. The molecule has 4 aliphatic rings. The topological polar surface area (TPSA) is 114 Å². The molecule has 4 aromatic rings. The Balaban J connectivity index is 0.00000252. The molecule has 3 atom stereocenters. The smallest absolute Gasteiger partial charge is 0.261 e. The molecular weight excluding hydrogens is 727 g/mol. The van der Waals surface area contributed by atoms with Crippen molar-refractivity contribution in [2.24, 2.45) is 5.92 Å². The summed E-state index contributed by atoms with van der Waals surface area (Å²) in [5.74, 6) is 0.0855. The Morgan fingerprint density at radius 2 is 1.47 bits per heavy atom. The van der Waals surface area contributed by atoms with Crippen LogP contribution in [-0.2, 0) is 20.8 Å². The van der Waals surface area contributed by atoms with Crippen LogP contribution in [-0.4, -0.2) is 90.9 Å². The summed E-state index contributed by atoms with van der Waals surface area (Å²) in [6, 6.07) is 30.8. The first-order valence-corrected chi connectivity index (χ1v) is 21.2. The molecule has 0 spiro atoms. The summed E-state index contributed by atoms with van der Waals surface area (Å²) >= 11 is 0. The number of nitrogens with zero attached hydrogens (tertiary/aromatic N) is 4. The van der Waals surface area contributed by atoms with Crippen molar-refractivity contribution in [2.75, 3.05) is 55.6 Å². The minimum atomic E-state index is -0.993. The number of benzene rings is 4. The average molecular weight is 784 g/mol. The summed E-state index contributed by atoms with van der Waals surface area (Å²) < 4.78 is 0. The fraction of sp³-hybridized carbons (Fsp3) is 0.417. The van der Waals surface area contributed by atoms with Crippen LogP contribution in [0.15, 0.2) is 91.0 Å². The predicted octanol–water partition coefficient (Wildman–Crippen LogP) is 7.03. The lowest BCUT2D eigenvalue weighted by atomic mass is 9.69. The van der Waals surface area contributed by atoms with E-state index in [2.05, 4.69) is 80.7 Å². The maximum absolute atomic E-state index is 13.5. The molecule has 0 aromatic heterocycles. The number of hydrogen-bond donors (Lipinski definition) is 2. The summed E-state index contributed by atoms with van der Waals surface area (Å²) in [4.78, 5) is 57.9. The monoisotopic (exact) mass is 783 g/mol. The number of imide groups is 2. The Morgan fingerprint density at radius 3 is 2.16 bits per heavy atom. The van der Waals surface area contributed by atoms with Crippen molar-refractivity contribution < 1.29 is 24.3 Å². The maximum atomic E-state index is 13.5. The molecule has 1 aliphatic carbocycles. The van der Waals surface area contributed by atoms with Gasteiger partial charge in [-0.05, 0) is 115 Å². The second-order valence-corrected chi connectivity index (χ2v) is 16.0. The molecule has 58 heavy (non-hydrogen) atoms. The highest BCUT2D eigenvalue weighted by molar-refractivity contribution is 6.07. The van der Waals surface area contributed by atoms with Crippen molar-refractivity contribution in [3.05, 3.63) is 124 Å². The van der Waals surface area contributed by atoms with Crippen molar-refractivity contribution in [1.82, 2.24) is 15.1 Å². The van der Waals surface area contributed by atoms with Crippen LogP contribution < -0.4 is 15.1 Å². The van der Waals surface area contributed by atoms with E-state index in [0.29, 0.717) is 29.6 Å². The quantitative estimate of drug-likeness (QED) is 0.138. The fourth-order valence-corrected chi connectivity index (χ4v) is 9.48. The Morgan fingerprint density at radius 1 is 0.776 bits per heavy atom. The van der Waals surface area contributed by atoms with Gasteiger partial charge in [0.2, 0.25) is 18.2 Å². The number of piperazine rings is 1. The predicted molar refractivity (Wildman–Crippen MR) is 228 cm³/mol. The first kappa shape index (κ1) is 40.7. The number of rotatable bonds is 9. The number of amides is 4. The van der Waals surface area contributed by atoms with Gasteiger partial charge in [0.15, 0.2) is 0 Å². The standard InChI is InChI=1S/C46H51N5O5.C2H6/c1-31-7-11-37(28-41(31)46(56)51(30-52)42-17-18-43(54)47-45(42)55)50-25-23-48(24-26-50)29-32-19-21-49(22-20-32)36-12-8-34(9-13-36)44-39(33-5-3-2-4-6-33)15-10-35-27-38(53)14-16-40(35)44;1-2/h2-9,11-14,16,27-28,30,32,39,42,44,53H,10,15,17-26,29H2,1H3,(H,47,54,55);1-2H3. The van der Waals surface area contributed by atoms with E-state index in [0.717, 1.165) is 87.6 Å². The van der Waals surface area contributed by atoms with Crippen LogP contribution in [0.1, 0.15) is 96.0 Å². The van der Waals surface area contributed by atoms with E-state index >= 15 is 0 Å². The van der Waals surface area contributed by atoms with E-state index in [9.17, 15) is 24.3 Å². The summed E-state index contributed by atoms with van der Waals surface area (Å²) in [6.07, 6.45) is 4.95. The third kappa shape index (κ3) is 8.82. The highest BCUT2D eigenvalue weighted by Crippen LogP contribution is 2.47. The van der Waals surface area contributed by atoms with Gasteiger partial charge >= 0.3 is 0 Å². The number of carbonyl (C=O) groups excluding carboxylic acids is 4. The van der Waals surface area contributed by atoms with Gasteiger partial charge in [-0.15, -0.1) is 0 Å². The molecule has 0 bridgehead atoms. The Labute approximate surface area is 342 Å². The number of aryl methyl sites for hydroxylation is 2. The second kappa shape index (κ2) is 18.4. The Bertz CT molecular complexity index is 2070. The molecule has 304 valence electrons. The molecule has 3 fully saturated rings. The van der Waals surface area contributed by atoms with Crippen molar-refractivity contribution in [3.63, 3.8) is 0 Å². The SMILES string of the molecule is CC.Cc1ccc(N2CCN(CC3CCN(c4ccc(C5c6ccc(O)cc6CCC5c5ccccc5)cc4)CC3)CC2)cc1C(=O)N(C=O)C1CCC(=O)NC1=O. The van der Waals surface area contributed by atoms with Crippen LogP contribution in [0.5, 0.6) is 5.75 Å². The molecule has 3 aliphatic heterocycles. The molecule has 3 unspecified atom stereocenters. The lowest BCUT2D eigenvalue weighted by Gasteiger charge is -2.40. The second-order valence-electron chi connectivity index (χ2n) is 16.0. The summed E-state index contributed by atoms with van der Waals surface area (Å²) in [6.45, 7) is 12.5. The summed E-state index contributed by atoms with van der Waals surface area (Å²) in [7, 11) is 0. The number of phenolic OH excluding ortho intramolecular Hbond substituents is 1. The van der Waals surface area contributed by atoms with E-state index in [1.807, 2.05) is 51.1 Å². The van der Waals surface area contributed by atoms with Crippen LogP contribution >= 0.6 is 0 Å². The van der Waals surface area contributed by atoms with Gasteiger partial charge in [-0.2, -0.15) is 0 Å². The molecule has 4 aromatic carbocycles. The van der Waals surface area contributed by atoms with Crippen LogP contribution in [0.3, 0.4) is 0 Å². The zero-order valence-electron chi connectivity index (χ0n) is 34.1. The number of nitrogens with one attached hydrogen (secondary N) is 1. The highest BCUT2D eigenvalue weighted by Gasteiger charge is 2.36. The Kier molecular flexibility index (Phi) is 12.9. The fourth-order valence-electron chi connectivity index (χ4n) is 9.48. The maximum Gasteiger partial charge on any atom is 0.261 e. The largest absolute Gasteiger partial charge is 0.508 e. The minimum absolute atomic E-state index is 0.0885. The number of phenols is 1. The zero-order chi connectivity index (χ0) is 40.8. The highest BCUT2D eigenvalue weighted by atomic mass is 16.3. The first-order chi connectivity index (χ1) is 28.2. The van der Waals surface area contributed by atoms with Gasteiger partial charge in [-0.25, -0.2) is 0 Å². The first-order valence-electron chi connectivity index (χ1n) is 21.2. The third-order valence-corrected chi connectivity index (χ3v) is 12.6. The number of piperidine rings is 2. The van der Waals surface area contributed by atoms with Crippen molar-refractivity contribution in [3.8, 4) is 5.75 Å². The molecule has 4 amide bonds. The van der Waals surface area contributed by atoms with Gasteiger partial charge < -0.3 is 14.9 Å². The normalized spacial score (nSPS) is 21.3. The summed E-state index contributed by atoms with van der Waals surface area (Å²) in [5, 5.41) is 12.5. The lowest BCUT2D eigenvalue weighted by molar-refractivity contribution is -0.139. The molecule has 0 radical (unpaired) electrons. The van der Waals surface area contributed by atoms with Crippen molar-refractivity contribution in [2.45, 2.75) is 77.2 Å². The van der Waals surface area contributed by atoms with Crippen molar-refractivity contribution >= 4 is 35.5 Å². The van der Waals surface area contributed by atoms with E-state index in [1.54, 1.807) is 0 Å². The van der Waals surface area contributed by atoms with E-state index < -0.39 is 23.8 Å². The molecule has 10 nitrogen and oxygen atoms in total. The van der Waals surface area contributed by atoms with E-state index in [1.165, 1.54) is 27.9 Å². The third-order valence-electron chi connectivity index (χ3n) is 12.6. The molecule has 0 saturated carbocycles. The van der Waals surface area contributed by atoms with Crippen molar-refractivity contribution in [1.29, 1.82) is 0 Å². The van der Waals surface area contributed by atoms with Crippen LogP contribution in [0.4, 0.5) is 11.4 Å². The van der Waals surface area contributed by atoms with Gasteiger partial charge in [-0.1, -0.05) is 68.4 Å². The lowest BCUT2D eigenvalue weighted by Crippen LogP contribution is -2.54. The minimum Gasteiger partial charge on any atom is -0.508 e. The van der Waals surface area contributed by atoms with Crippen LogP contribution in [0.25, 0.3) is 0 Å². The number of anilines is 2. The van der Waals surface area contributed by atoms with E-state index in [-0.39, 0.29) is 18.8 Å². The molecule has 3 saturated heterocycles. The van der Waals surface area contributed by atoms with Crippen LogP contribution in [0, 0.1) is 12.8 Å². The molecule has 3 heterocycles. The molecule has 2 N–H and O–H groups in total. The van der Waals surface area contributed by atoms with Gasteiger partial charge in [0.25, 0.3) is 5.91 Å². The Hall–Kier alpha value is -5.48. The van der Waals surface area contributed by atoms with Gasteiger partial charge in [0.05, 0.1) is 0 Å². The zero-order valence-corrected chi connectivity index (χ0v) is 34.1. The number of hydrogen-bond acceptors (Lipinski definition) is 8. The molecule has 8 rings (SSSR count). The van der Waals surface area contributed by atoms with Gasteiger partial charge in [0, 0.05) is 75.1 Å². The number of carbonyl (C=O) groups is 4. The number of fused-ring (bicyclic) bond motifs is 1. The van der Waals surface area contributed by atoms with Gasteiger partial charge in [0.1, 0.15) is 11.8 Å². The van der Waals surface area contributed by atoms with Crippen LogP contribution in [0.2, 0.25) is 0 Å². The molecular formula is C48H57N5O5.